The maximum atomic E-state index is 12.7. The zero-order valence-electron chi connectivity index (χ0n) is 17.3. The molecule has 6 nitrogen and oxygen atoms in total. The van der Waals surface area contributed by atoms with Crippen LogP contribution in [-0.4, -0.2) is 53.0 Å². The van der Waals surface area contributed by atoms with Gasteiger partial charge in [-0.05, 0) is 49.2 Å². The number of H-pyrrole nitrogens is 1. The standard InChI is InChI=1S/C24H29N5O/c30-24(21-7-4-8-22-23(21)26-17-25-22)27-18-9-11-20(12-10-18)29-15-13-28(14-16-29)19-5-2-1-3-6-19/h4,7-12,17,19H,1-3,5-6,13-16H2,(H,25,26)(H,27,30). The van der Waals surface area contributed by atoms with Crippen LogP contribution in [0.2, 0.25) is 0 Å². The molecule has 0 unspecified atom stereocenters. The molecule has 1 aliphatic carbocycles. The van der Waals surface area contributed by atoms with Gasteiger partial charge in [-0.25, -0.2) is 4.98 Å². The second-order valence-corrected chi connectivity index (χ2v) is 8.42. The number of hydrogen-bond donors (Lipinski definition) is 2. The van der Waals surface area contributed by atoms with Gasteiger partial charge in [0.25, 0.3) is 5.91 Å². The van der Waals surface area contributed by atoms with Crippen molar-refractivity contribution in [1.29, 1.82) is 0 Å². The summed E-state index contributed by atoms with van der Waals surface area (Å²) in [6.07, 6.45) is 8.57. The van der Waals surface area contributed by atoms with E-state index in [0.717, 1.165) is 43.4 Å². The number of piperazine rings is 1. The van der Waals surface area contributed by atoms with Crippen molar-refractivity contribution < 1.29 is 4.79 Å². The maximum absolute atomic E-state index is 12.7. The Hall–Kier alpha value is -2.86. The summed E-state index contributed by atoms with van der Waals surface area (Å²) in [4.78, 5) is 25.2. The molecule has 2 aromatic carbocycles. The van der Waals surface area contributed by atoms with Gasteiger partial charge in [-0.3, -0.25) is 9.69 Å². The molecular weight excluding hydrogens is 374 g/mol. The first kappa shape index (κ1) is 19.1. The lowest BCUT2D eigenvalue weighted by molar-refractivity contribution is 0.102. The van der Waals surface area contributed by atoms with Gasteiger partial charge in [-0.2, -0.15) is 0 Å². The minimum atomic E-state index is -0.137. The first-order valence-corrected chi connectivity index (χ1v) is 11.1. The largest absolute Gasteiger partial charge is 0.369 e. The van der Waals surface area contributed by atoms with Crippen LogP contribution < -0.4 is 10.2 Å². The highest BCUT2D eigenvalue weighted by Gasteiger charge is 2.25. The Morgan fingerprint density at radius 3 is 2.50 bits per heavy atom. The molecule has 1 aliphatic heterocycles. The summed E-state index contributed by atoms with van der Waals surface area (Å²) in [5.74, 6) is -0.137. The number of hydrogen-bond acceptors (Lipinski definition) is 4. The molecule has 2 N–H and O–H groups in total. The van der Waals surface area contributed by atoms with Gasteiger partial charge in [-0.1, -0.05) is 25.3 Å². The number of aromatic amines is 1. The number of amides is 1. The molecule has 5 rings (SSSR count). The third kappa shape index (κ3) is 3.92. The summed E-state index contributed by atoms with van der Waals surface area (Å²) < 4.78 is 0. The fraction of sp³-hybridized carbons (Fsp3) is 0.417. The molecule has 156 valence electrons. The molecule has 2 heterocycles. The van der Waals surface area contributed by atoms with Crippen LogP contribution in [0.3, 0.4) is 0 Å². The molecule has 0 spiro atoms. The molecule has 2 fully saturated rings. The van der Waals surface area contributed by atoms with Crippen molar-refractivity contribution in [2.75, 3.05) is 36.4 Å². The summed E-state index contributed by atoms with van der Waals surface area (Å²) in [6.45, 7) is 4.44. The Bertz CT molecular complexity index is 998. The van der Waals surface area contributed by atoms with Crippen LogP contribution in [0.5, 0.6) is 0 Å². The monoisotopic (exact) mass is 403 g/mol. The number of anilines is 2. The van der Waals surface area contributed by atoms with Crippen molar-refractivity contribution in [1.82, 2.24) is 14.9 Å². The van der Waals surface area contributed by atoms with E-state index in [1.165, 1.54) is 37.8 Å². The number of carbonyl (C=O) groups excluding carboxylic acids is 1. The Kier molecular flexibility index (Phi) is 5.41. The summed E-state index contributed by atoms with van der Waals surface area (Å²) in [7, 11) is 0. The lowest BCUT2D eigenvalue weighted by Gasteiger charge is -2.41. The van der Waals surface area contributed by atoms with Gasteiger partial charge >= 0.3 is 0 Å². The molecule has 1 saturated heterocycles. The van der Waals surface area contributed by atoms with Gasteiger partial charge in [0.1, 0.15) is 5.52 Å². The van der Waals surface area contributed by atoms with E-state index < -0.39 is 0 Å². The van der Waals surface area contributed by atoms with Crippen LogP contribution in [0.15, 0.2) is 48.8 Å². The van der Waals surface area contributed by atoms with Crippen LogP contribution in [0.4, 0.5) is 11.4 Å². The minimum absolute atomic E-state index is 0.137. The summed E-state index contributed by atoms with van der Waals surface area (Å²) >= 11 is 0. The SMILES string of the molecule is O=C(Nc1ccc(N2CCN(C3CCCCC3)CC2)cc1)c1cccc2[nH]cnc12. The Morgan fingerprint density at radius 1 is 0.967 bits per heavy atom. The highest BCUT2D eigenvalue weighted by atomic mass is 16.1. The van der Waals surface area contributed by atoms with E-state index in [4.69, 9.17) is 0 Å². The molecule has 1 aromatic heterocycles. The van der Waals surface area contributed by atoms with Crippen LogP contribution in [0.1, 0.15) is 42.5 Å². The second kappa shape index (κ2) is 8.48. The van der Waals surface area contributed by atoms with E-state index in [1.807, 2.05) is 24.3 Å². The fourth-order valence-corrected chi connectivity index (χ4v) is 4.89. The third-order valence-electron chi connectivity index (χ3n) is 6.59. The molecule has 0 atom stereocenters. The zero-order chi connectivity index (χ0) is 20.3. The van der Waals surface area contributed by atoms with E-state index in [9.17, 15) is 4.79 Å². The van der Waals surface area contributed by atoms with Gasteiger partial charge in [0.2, 0.25) is 0 Å². The quantitative estimate of drug-likeness (QED) is 0.683. The normalized spacial score (nSPS) is 18.6. The number of aromatic nitrogens is 2. The molecule has 1 saturated carbocycles. The van der Waals surface area contributed by atoms with Crippen molar-refractivity contribution in [3.05, 3.63) is 54.4 Å². The average Bonchev–Trinajstić information content (AvgIpc) is 3.29. The third-order valence-corrected chi connectivity index (χ3v) is 6.59. The molecule has 0 bridgehead atoms. The van der Waals surface area contributed by atoms with E-state index >= 15 is 0 Å². The number of fused-ring (bicyclic) bond motifs is 1. The Labute approximate surface area is 177 Å². The van der Waals surface area contributed by atoms with Crippen molar-refractivity contribution in [2.45, 2.75) is 38.1 Å². The highest BCUT2D eigenvalue weighted by molar-refractivity contribution is 6.11. The average molecular weight is 404 g/mol. The summed E-state index contributed by atoms with van der Waals surface area (Å²) in [5.41, 5.74) is 4.17. The zero-order valence-corrected chi connectivity index (χ0v) is 17.3. The number of carbonyl (C=O) groups is 1. The fourth-order valence-electron chi connectivity index (χ4n) is 4.89. The Balaban J connectivity index is 1.20. The predicted molar refractivity (Wildman–Crippen MR) is 121 cm³/mol. The molecule has 0 radical (unpaired) electrons. The minimum Gasteiger partial charge on any atom is -0.369 e. The number of imidazole rings is 1. The molecule has 30 heavy (non-hydrogen) atoms. The molecule has 3 aromatic rings. The number of nitrogens with zero attached hydrogens (tertiary/aromatic N) is 3. The van der Waals surface area contributed by atoms with Gasteiger partial charge in [0.05, 0.1) is 17.4 Å². The molecule has 6 heteroatoms. The lowest BCUT2D eigenvalue weighted by atomic mass is 9.94. The van der Waals surface area contributed by atoms with Crippen molar-refractivity contribution in [3.8, 4) is 0 Å². The predicted octanol–water partition coefficient (Wildman–Crippen LogP) is 4.27. The van der Waals surface area contributed by atoms with Crippen molar-refractivity contribution >= 4 is 28.3 Å². The summed E-state index contributed by atoms with van der Waals surface area (Å²) in [5, 5.41) is 3.00. The number of rotatable bonds is 4. The number of para-hydroxylation sites is 1. The van der Waals surface area contributed by atoms with Crippen molar-refractivity contribution in [2.24, 2.45) is 0 Å². The van der Waals surface area contributed by atoms with E-state index in [1.54, 1.807) is 12.4 Å². The summed E-state index contributed by atoms with van der Waals surface area (Å²) in [6, 6.07) is 14.6. The molecular formula is C24H29N5O. The van der Waals surface area contributed by atoms with E-state index in [0.29, 0.717) is 11.1 Å². The van der Waals surface area contributed by atoms with E-state index in [-0.39, 0.29) is 5.91 Å². The van der Waals surface area contributed by atoms with Crippen LogP contribution in [-0.2, 0) is 0 Å². The van der Waals surface area contributed by atoms with Gasteiger partial charge in [0, 0.05) is 43.6 Å². The van der Waals surface area contributed by atoms with Crippen LogP contribution in [0.25, 0.3) is 11.0 Å². The second-order valence-electron chi connectivity index (χ2n) is 8.42. The van der Waals surface area contributed by atoms with Gasteiger partial charge in [0.15, 0.2) is 0 Å². The smallest absolute Gasteiger partial charge is 0.257 e. The molecule has 1 amide bonds. The number of nitrogens with one attached hydrogen (secondary N) is 2. The van der Waals surface area contributed by atoms with Crippen LogP contribution >= 0.6 is 0 Å². The lowest BCUT2D eigenvalue weighted by Crippen LogP contribution is -2.50. The maximum Gasteiger partial charge on any atom is 0.257 e. The highest BCUT2D eigenvalue weighted by Crippen LogP contribution is 2.26. The van der Waals surface area contributed by atoms with Crippen LogP contribution in [0, 0.1) is 0 Å². The molecule has 2 aliphatic rings. The van der Waals surface area contributed by atoms with Gasteiger partial charge < -0.3 is 15.2 Å². The van der Waals surface area contributed by atoms with Crippen molar-refractivity contribution in [3.63, 3.8) is 0 Å². The first-order valence-electron chi connectivity index (χ1n) is 11.1. The number of benzene rings is 2. The first-order chi connectivity index (χ1) is 14.8. The van der Waals surface area contributed by atoms with Gasteiger partial charge in [-0.15, -0.1) is 0 Å². The van der Waals surface area contributed by atoms with E-state index in [2.05, 4.69) is 37.2 Å². The topological polar surface area (TPSA) is 64.3 Å². The Morgan fingerprint density at radius 2 is 1.73 bits per heavy atom.